The Balaban J connectivity index is 1.62. The molecule has 4 aliphatic rings. The monoisotopic (exact) mass is 473 g/mol. The van der Waals surface area contributed by atoms with E-state index in [1.165, 1.54) is 6.26 Å². The molecule has 0 saturated carbocycles. The molecule has 0 aliphatic carbocycles. The summed E-state index contributed by atoms with van der Waals surface area (Å²) in [5.41, 5.74) is -0.492. The van der Waals surface area contributed by atoms with Gasteiger partial charge in [0.1, 0.15) is 11.0 Å². The summed E-state index contributed by atoms with van der Waals surface area (Å²) in [5.74, 6) is -1.58. The number of rotatable bonds is 2. The Kier molecular flexibility index (Phi) is 3.87. The second-order valence-corrected chi connectivity index (χ2v) is 9.76. The number of anilines is 2. The normalized spacial score (nSPS) is 31.0. The first-order valence-electron chi connectivity index (χ1n) is 11.4. The molecule has 2 N–H and O–H groups in total. The fraction of sp³-hybridized carbons (Fsp3) is 0.269. The van der Waals surface area contributed by atoms with Crippen LogP contribution in [0.5, 0.6) is 0 Å². The van der Waals surface area contributed by atoms with Gasteiger partial charge in [-0.3, -0.25) is 19.3 Å². The highest BCUT2D eigenvalue weighted by Gasteiger charge is 2.81. The molecule has 7 nitrogen and oxygen atoms in total. The predicted molar refractivity (Wildman–Crippen MR) is 125 cm³/mol. The van der Waals surface area contributed by atoms with Gasteiger partial charge in [-0.1, -0.05) is 41.9 Å². The SMILES string of the molecule is O=C(c1ccco1)[C@@H]1[C@@H]2CCCN2[C@]2(C(=O)Nc3c(Cl)cccc32)[C@@]12C(=O)Nc1ccccc12. The maximum atomic E-state index is 14.2. The van der Waals surface area contributed by atoms with Gasteiger partial charge in [0.15, 0.2) is 5.76 Å². The number of ketones is 1. The topological polar surface area (TPSA) is 91.7 Å². The Morgan fingerprint density at radius 1 is 1.00 bits per heavy atom. The van der Waals surface area contributed by atoms with E-state index in [1.807, 2.05) is 30.3 Å². The highest BCUT2D eigenvalue weighted by Crippen LogP contribution is 2.68. The number of hydrogen-bond donors (Lipinski definition) is 2. The Bertz CT molecular complexity index is 1400. The summed E-state index contributed by atoms with van der Waals surface area (Å²) in [7, 11) is 0. The highest BCUT2D eigenvalue weighted by molar-refractivity contribution is 6.35. The molecule has 34 heavy (non-hydrogen) atoms. The van der Waals surface area contributed by atoms with Crippen LogP contribution in [-0.4, -0.2) is 35.1 Å². The van der Waals surface area contributed by atoms with Crippen LogP contribution in [0, 0.1) is 5.92 Å². The molecule has 7 rings (SSSR count). The molecule has 2 amide bonds. The number of carbonyl (C=O) groups is 3. The van der Waals surface area contributed by atoms with Crippen LogP contribution >= 0.6 is 11.6 Å². The average molecular weight is 474 g/mol. The van der Waals surface area contributed by atoms with Gasteiger partial charge in [-0.2, -0.15) is 0 Å². The highest BCUT2D eigenvalue weighted by atomic mass is 35.5. The van der Waals surface area contributed by atoms with Gasteiger partial charge in [0.05, 0.1) is 22.9 Å². The van der Waals surface area contributed by atoms with E-state index in [1.54, 1.807) is 24.3 Å². The number of nitrogens with zero attached hydrogens (tertiary/aromatic N) is 1. The lowest BCUT2D eigenvalue weighted by atomic mass is 9.57. The summed E-state index contributed by atoms with van der Waals surface area (Å²) >= 11 is 6.54. The minimum Gasteiger partial charge on any atom is -0.461 e. The maximum absolute atomic E-state index is 14.2. The van der Waals surface area contributed by atoms with Crippen molar-refractivity contribution in [2.75, 3.05) is 17.2 Å². The minimum absolute atomic E-state index is 0.190. The molecule has 0 unspecified atom stereocenters. The Hall–Kier alpha value is -3.42. The van der Waals surface area contributed by atoms with Crippen LogP contribution < -0.4 is 10.6 Å². The third-order valence-corrected chi connectivity index (χ3v) is 8.44. The van der Waals surface area contributed by atoms with Crippen molar-refractivity contribution in [2.24, 2.45) is 5.92 Å². The summed E-state index contributed by atoms with van der Waals surface area (Å²) in [6.07, 6.45) is 2.97. The smallest absolute Gasteiger partial charge is 0.251 e. The first kappa shape index (κ1) is 20.0. The Morgan fingerprint density at radius 2 is 1.82 bits per heavy atom. The molecule has 2 aromatic carbocycles. The van der Waals surface area contributed by atoms with Crippen molar-refractivity contribution >= 4 is 40.6 Å². The molecular formula is C26H20ClN3O4. The van der Waals surface area contributed by atoms with Gasteiger partial charge in [0.25, 0.3) is 5.91 Å². The summed E-state index contributed by atoms with van der Waals surface area (Å²) in [5, 5.41) is 6.39. The van der Waals surface area contributed by atoms with E-state index in [9.17, 15) is 14.4 Å². The molecule has 2 saturated heterocycles. The third-order valence-electron chi connectivity index (χ3n) is 8.13. The summed E-state index contributed by atoms with van der Waals surface area (Å²) in [6, 6.07) is 15.7. The number of halogens is 1. The van der Waals surface area contributed by atoms with Crippen molar-refractivity contribution in [1.29, 1.82) is 0 Å². The molecule has 4 atom stereocenters. The number of carbonyl (C=O) groups excluding carboxylic acids is 3. The van der Waals surface area contributed by atoms with Crippen LogP contribution in [0.1, 0.15) is 34.5 Å². The number of nitrogens with one attached hydrogen (secondary N) is 2. The molecule has 2 fully saturated rings. The summed E-state index contributed by atoms with van der Waals surface area (Å²) in [6.45, 7) is 0.586. The number of fused-ring (bicyclic) bond motifs is 7. The number of furan rings is 1. The predicted octanol–water partition coefficient (Wildman–Crippen LogP) is 3.95. The molecular weight excluding hydrogens is 454 g/mol. The molecule has 3 aromatic rings. The lowest BCUT2D eigenvalue weighted by molar-refractivity contribution is -0.137. The lowest BCUT2D eigenvalue weighted by Gasteiger charge is -2.43. The lowest BCUT2D eigenvalue weighted by Crippen LogP contribution is -2.62. The number of Topliss-reactive ketones (excluding diaryl/α,β-unsaturated/α-hetero) is 1. The van der Waals surface area contributed by atoms with Crippen molar-refractivity contribution in [2.45, 2.75) is 29.8 Å². The Morgan fingerprint density at radius 3 is 2.65 bits per heavy atom. The molecule has 8 heteroatoms. The zero-order chi connectivity index (χ0) is 23.2. The van der Waals surface area contributed by atoms with Crippen LogP contribution in [0.2, 0.25) is 5.02 Å². The van der Waals surface area contributed by atoms with E-state index in [0.717, 1.165) is 6.42 Å². The van der Waals surface area contributed by atoms with Gasteiger partial charge >= 0.3 is 0 Å². The zero-order valence-electron chi connectivity index (χ0n) is 18.0. The van der Waals surface area contributed by atoms with Crippen molar-refractivity contribution in [3.05, 3.63) is 82.8 Å². The number of amides is 2. The van der Waals surface area contributed by atoms with Crippen molar-refractivity contribution < 1.29 is 18.8 Å². The van der Waals surface area contributed by atoms with E-state index < -0.39 is 16.9 Å². The van der Waals surface area contributed by atoms with Gasteiger partial charge in [0, 0.05) is 17.3 Å². The fourth-order valence-corrected chi connectivity index (χ4v) is 7.36. The average Bonchev–Trinajstić information content (AvgIpc) is 3.62. The van der Waals surface area contributed by atoms with Crippen molar-refractivity contribution in [1.82, 2.24) is 4.90 Å². The van der Waals surface area contributed by atoms with Gasteiger partial charge < -0.3 is 15.1 Å². The largest absolute Gasteiger partial charge is 0.461 e. The van der Waals surface area contributed by atoms with E-state index in [4.69, 9.17) is 16.0 Å². The minimum atomic E-state index is -1.49. The van der Waals surface area contributed by atoms with Gasteiger partial charge in [-0.05, 0) is 49.2 Å². The first-order valence-corrected chi connectivity index (χ1v) is 11.8. The van der Waals surface area contributed by atoms with Gasteiger partial charge in [0.2, 0.25) is 11.7 Å². The number of hydrogen-bond acceptors (Lipinski definition) is 5. The standard InChI is InChI=1S/C26H20ClN3O4/c27-16-8-3-7-15-21(16)29-24(33)26(15)25(14-6-1-2-9-17(14)28-23(25)32)20(18-10-4-12-30(18)26)22(31)19-11-5-13-34-19/h1-3,5-9,11,13,18,20H,4,10,12H2,(H,28,32)(H,29,33)/t18-,20-,25+,26+/m0/s1. The molecule has 4 aliphatic heterocycles. The summed E-state index contributed by atoms with van der Waals surface area (Å²) in [4.78, 5) is 44.6. The van der Waals surface area contributed by atoms with Crippen molar-refractivity contribution in [3.8, 4) is 0 Å². The second-order valence-electron chi connectivity index (χ2n) is 9.36. The van der Waals surface area contributed by atoms with E-state index in [2.05, 4.69) is 15.5 Å². The van der Waals surface area contributed by atoms with Crippen LogP contribution in [-0.2, 0) is 20.5 Å². The second kappa shape index (κ2) is 6.58. The quantitative estimate of drug-likeness (QED) is 0.550. The summed E-state index contributed by atoms with van der Waals surface area (Å²) < 4.78 is 5.53. The van der Waals surface area contributed by atoms with E-state index in [0.29, 0.717) is 40.5 Å². The van der Waals surface area contributed by atoms with Crippen molar-refractivity contribution in [3.63, 3.8) is 0 Å². The van der Waals surface area contributed by atoms with Crippen LogP contribution in [0.15, 0.2) is 65.3 Å². The van der Waals surface area contributed by atoms with Gasteiger partial charge in [-0.15, -0.1) is 0 Å². The molecule has 0 bridgehead atoms. The van der Waals surface area contributed by atoms with Gasteiger partial charge in [-0.25, -0.2) is 0 Å². The number of para-hydroxylation sites is 2. The van der Waals surface area contributed by atoms with Crippen LogP contribution in [0.4, 0.5) is 11.4 Å². The molecule has 5 heterocycles. The maximum Gasteiger partial charge on any atom is 0.251 e. The van der Waals surface area contributed by atoms with Crippen LogP contribution in [0.3, 0.4) is 0 Å². The van der Waals surface area contributed by atoms with E-state index >= 15 is 0 Å². The molecule has 1 aromatic heterocycles. The third kappa shape index (κ3) is 2.03. The number of benzene rings is 2. The fourth-order valence-electron chi connectivity index (χ4n) is 7.14. The van der Waals surface area contributed by atoms with E-state index in [-0.39, 0.29) is 29.4 Å². The molecule has 2 spiro atoms. The zero-order valence-corrected chi connectivity index (χ0v) is 18.8. The van der Waals surface area contributed by atoms with Crippen LogP contribution in [0.25, 0.3) is 0 Å². The first-order chi connectivity index (χ1) is 16.5. The Labute approximate surface area is 200 Å². The molecule has 0 radical (unpaired) electrons. The molecule has 170 valence electrons.